The minimum atomic E-state index is -5.65. The van der Waals surface area contributed by atoms with Crippen LogP contribution in [0.25, 0.3) is 10.8 Å². The normalized spacial score (nSPS) is 11.9. The van der Waals surface area contributed by atoms with Gasteiger partial charge >= 0.3 is 6.18 Å². The molecule has 0 aliphatic heterocycles. The van der Waals surface area contributed by atoms with Crippen LogP contribution in [-0.4, -0.2) is 13.0 Å². The number of alkyl halides is 3. The number of benzene rings is 3. The molecule has 3 aromatic carbocycles. The Morgan fingerprint density at radius 1 is 0.690 bits per heavy atom. The van der Waals surface area contributed by atoms with Gasteiger partial charge in [-0.15, -0.1) is 0 Å². The largest absolute Gasteiger partial charge is 0.422 e. The van der Waals surface area contributed by atoms with Crippen LogP contribution < -0.4 is 0 Å². The molecule has 3 aromatic rings. The van der Waals surface area contributed by atoms with Gasteiger partial charge in [0.2, 0.25) is 5.82 Å². The van der Waals surface area contributed by atoms with Crippen molar-refractivity contribution in [3.63, 3.8) is 0 Å². The molecule has 3 nitrogen and oxygen atoms in total. The Kier molecular flexibility index (Phi) is 6.18. The Bertz CT molecular complexity index is 1140. The first-order valence-corrected chi connectivity index (χ1v) is 8.74. The highest BCUT2D eigenvalue weighted by Crippen LogP contribution is 2.36. The second-order valence-electron chi connectivity index (χ2n) is 5.40. The van der Waals surface area contributed by atoms with Crippen LogP contribution in [0.15, 0.2) is 47.4 Å². The van der Waals surface area contributed by atoms with Gasteiger partial charge in [-0.25, -0.2) is 22.0 Å². The molecule has 0 amide bonds. The first-order valence-electron chi connectivity index (χ1n) is 7.30. The molecule has 29 heavy (non-hydrogen) atoms. The summed E-state index contributed by atoms with van der Waals surface area (Å²) in [5, 5.41) is 1.33. The van der Waals surface area contributed by atoms with Gasteiger partial charge < -0.3 is 0 Å². The molecular formula is C17H8F8O3S. The molecule has 0 bridgehead atoms. The molecule has 0 saturated carbocycles. The standard InChI is InChI=1S/C10H8O3S.C7F8/c11-14(12,13)10-7-3-5-8-4-1-2-6-9(8)10;8-2-1(7(13,14)15)3(9)5(11)6(12)4(2)10/h1-7H,(H,11,12,13);. The van der Waals surface area contributed by atoms with Gasteiger partial charge in [-0.3, -0.25) is 4.55 Å². The van der Waals surface area contributed by atoms with Crippen LogP contribution in [-0.2, 0) is 16.3 Å². The zero-order valence-corrected chi connectivity index (χ0v) is 14.6. The maximum atomic E-state index is 12.5. The number of hydrogen-bond acceptors (Lipinski definition) is 2. The van der Waals surface area contributed by atoms with Gasteiger partial charge in [0.25, 0.3) is 10.1 Å². The van der Waals surface area contributed by atoms with Gasteiger partial charge in [0.05, 0.1) is 0 Å². The molecule has 12 heteroatoms. The van der Waals surface area contributed by atoms with Crippen molar-refractivity contribution in [2.24, 2.45) is 0 Å². The molecule has 156 valence electrons. The van der Waals surface area contributed by atoms with Crippen LogP contribution >= 0.6 is 0 Å². The fourth-order valence-electron chi connectivity index (χ4n) is 2.27. The highest BCUT2D eigenvalue weighted by atomic mass is 32.2. The quantitative estimate of drug-likeness (QED) is 0.234. The number of halogens is 8. The zero-order chi connectivity index (χ0) is 22.1. The zero-order valence-electron chi connectivity index (χ0n) is 13.7. The molecule has 0 spiro atoms. The van der Waals surface area contributed by atoms with Crippen molar-refractivity contribution in [2.75, 3.05) is 0 Å². The topological polar surface area (TPSA) is 54.4 Å². The van der Waals surface area contributed by atoms with Crippen LogP contribution in [0, 0.1) is 29.1 Å². The molecular weight excluding hydrogens is 436 g/mol. The minimum Gasteiger partial charge on any atom is -0.282 e. The molecule has 0 unspecified atom stereocenters. The Morgan fingerprint density at radius 2 is 1.14 bits per heavy atom. The maximum absolute atomic E-state index is 12.5. The van der Waals surface area contributed by atoms with E-state index < -0.39 is 50.9 Å². The van der Waals surface area contributed by atoms with Crippen LogP contribution in [0.4, 0.5) is 35.1 Å². The van der Waals surface area contributed by atoms with Gasteiger partial charge in [-0.05, 0) is 11.5 Å². The van der Waals surface area contributed by atoms with E-state index in [1.54, 1.807) is 30.3 Å². The highest BCUT2D eigenvalue weighted by molar-refractivity contribution is 7.86. The smallest absolute Gasteiger partial charge is 0.282 e. The second kappa shape index (κ2) is 7.95. The van der Waals surface area contributed by atoms with Crippen molar-refractivity contribution in [3.8, 4) is 0 Å². The van der Waals surface area contributed by atoms with Crippen molar-refractivity contribution in [1.29, 1.82) is 0 Å². The molecule has 0 aromatic heterocycles. The lowest BCUT2D eigenvalue weighted by Crippen LogP contribution is -2.16. The molecule has 3 rings (SSSR count). The lowest BCUT2D eigenvalue weighted by Gasteiger charge is -2.10. The third-order valence-corrected chi connectivity index (χ3v) is 4.43. The summed E-state index contributed by atoms with van der Waals surface area (Å²) in [4.78, 5) is -0.0457. The van der Waals surface area contributed by atoms with E-state index in [2.05, 4.69) is 0 Å². The summed E-state index contributed by atoms with van der Waals surface area (Å²) in [6, 6.07) is 11.8. The van der Waals surface area contributed by atoms with E-state index in [0.717, 1.165) is 5.39 Å². The number of fused-ring (bicyclic) bond motifs is 1. The van der Waals surface area contributed by atoms with Gasteiger partial charge in [0, 0.05) is 5.39 Å². The Morgan fingerprint density at radius 3 is 1.62 bits per heavy atom. The lowest BCUT2D eigenvalue weighted by atomic mass is 10.1. The van der Waals surface area contributed by atoms with Gasteiger partial charge in [-0.2, -0.15) is 21.6 Å². The minimum absolute atomic E-state index is 0.0457. The van der Waals surface area contributed by atoms with Crippen LogP contribution in [0.5, 0.6) is 0 Å². The lowest BCUT2D eigenvalue weighted by molar-refractivity contribution is -0.143. The first kappa shape index (κ1) is 22.6. The molecule has 0 radical (unpaired) electrons. The molecule has 0 fully saturated rings. The average Bonchev–Trinajstić information content (AvgIpc) is 2.63. The molecule has 0 heterocycles. The molecule has 1 N–H and O–H groups in total. The van der Waals surface area contributed by atoms with Gasteiger partial charge in [0.1, 0.15) is 10.5 Å². The van der Waals surface area contributed by atoms with E-state index in [4.69, 9.17) is 4.55 Å². The average molecular weight is 444 g/mol. The van der Waals surface area contributed by atoms with Crippen molar-refractivity contribution >= 4 is 20.9 Å². The van der Waals surface area contributed by atoms with Crippen molar-refractivity contribution in [3.05, 3.63) is 77.1 Å². The third kappa shape index (κ3) is 4.65. The number of hydrogen-bond donors (Lipinski definition) is 1. The van der Waals surface area contributed by atoms with Crippen molar-refractivity contribution in [2.45, 2.75) is 11.1 Å². The van der Waals surface area contributed by atoms with E-state index in [1.807, 2.05) is 6.07 Å². The molecule has 0 saturated heterocycles. The van der Waals surface area contributed by atoms with Gasteiger partial charge in [0.15, 0.2) is 23.3 Å². The van der Waals surface area contributed by atoms with Gasteiger partial charge in [-0.1, -0.05) is 36.4 Å². The SMILES string of the molecule is Fc1c(F)c(F)c(C(F)(F)F)c(F)c1F.O=S(=O)(O)c1cccc2ccccc12. The van der Waals surface area contributed by atoms with E-state index in [0.29, 0.717) is 5.39 Å². The predicted octanol–water partition coefficient (Wildman–Crippen LogP) is 5.49. The molecule has 0 aliphatic rings. The van der Waals surface area contributed by atoms with Crippen LogP contribution in [0.2, 0.25) is 0 Å². The maximum Gasteiger partial charge on any atom is 0.422 e. The fraction of sp³-hybridized carbons (Fsp3) is 0.0588. The van der Waals surface area contributed by atoms with Crippen molar-refractivity contribution in [1.82, 2.24) is 0 Å². The second-order valence-corrected chi connectivity index (χ2v) is 6.78. The summed E-state index contributed by atoms with van der Waals surface area (Å²) in [6.07, 6.45) is -5.65. The van der Waals surface area contributed by atoms with Crippen molar-refractivity contribution < 1.29 is 48.1 Å². The summed E-state index contributed by atoms with van der Waals surface area (Å²) >= 11 is 0. The summed E-state index contributed by atoms with van der Waals surface area (Å²) in [6.45, 7) is 0. The Balaban J connectivity index is 0.000000207. The third-order valence-electron chi connectivity index (χ3n) is 3.52. The Labute approximate surface area is 157 Å². The first-order chi connectivity index (χ1) is 13.3. The predicted molar refractivity (Wildman–Crippen MR) is 85.0 cm³/mol. The fourth-order valence-corrected chi connectivity index (χ4v) is 2.99. The van der Waals surface area contributed by atoms with Crippen LogP contribution in [0.3, 0.4) is 0 Å². The summed E-state index contributed by atoms with van der Waals surface area (Å²) in [5.74, 6) is -13.7. The van der Waals surface area contributed by atoms with Crippen LogP contribution in [0.1, 0.15) is 5.56 Å². The Hall–Kier alpha value is -2.73. The molecule has 0 aliphatic carbocycles. The van der Waals surface area contributed by atoms with E-state index in [1.165, 1.54) is 6.07 Å². The monoisotopic (exact) mass is 444 g/mol. The molecule has 0 atom stereocenters. The summed E-state index contributed by atoms with van der Waals surface area (Å²) < 4.78 is 128. The highest BCUT2D eigenvalue weighted by Gasteiger charge is 2.42. The van der Waals surface area contributed by atoms with E-state index >= 15 is 0 Å². The summed E-state index contributed by atoms with van der Waals surface area (Å²) in [7, 11) is -4.13. The van der Waals surface area contributed by atoms with E-state index in [-0.39, 0.29) is 4.90 Å². The van der Waals surface area contributed by atoms with E-state index in [9.17, 15) is 43.5 Å². The summed E-state index contributed by atoms with van der Waals surface area (Å²) in [5.41, 5.74) is -2.79. The number of rotatable bonds is 1.